The highest BCUT2D eigenvalue weighted by Crippen LogP contribution is 2.23. The van der Waals surface area contributed by atoms with Crippen molar-refractivity contribution in [3.8, 4) is 0 Å². The minimum atomic E-state index is -0.375. The molecular formula is C65H132N4O6S2. The van der Waals surface area contributed by atoms with E-state index in [1.54, 1.807) is 0 Å². The number of carbonyl (C=O) groups is 1. The molecule has 1 rings (SSSR count). The molecule has 1 saturated heterocycles. The zero-order valence-corrected chi connectivity index (χ0v) is 53.3. The van der Waals surface area contributed by atoms with Crippen LogP contribution in [0.3, 0.4) is 0 Å². The zero-order chi connectivity index (χ0) is 55.9. The van der Waals surface area contributed by atoms with Gasteiger partial charge in [0, 0.05) is 83.4 Å². The highest BCUT2D eigenvalue weighted by atomic mass is 33.1. The molecule has 0 radical (unpaired) electrons. The smallest absolute Gasteiger partial charge is 0.305 e. The Morgan fingerprint density at radius 3 is 1.04 bits per heavy atom. The van der Waals surface area contributed by atoms with Gasteiger partial charge in [-0.2, -0.15) is 0 Å². The SMILES string of the molecule is CCCCCCCCCCCCC(O)CN(CCCCC(=O)OCCN1CCN(CCSSCCCCN(CC(O)CCCCCCCC)CC(O)CCCCCCCC)CC1)CC(O)CCCCCCCCCCCC. The van der Waals surface area contributed by atoms with Crippen molar-refractivity contribution in [2.45, 2.75) is 315 Å². The van der Waals surface area contributed by atoms with Crippen molar-refractivity contribution in [3.05, 3.63) is 0 Å². The molecule has 10 nitrogen and oxygen atoms in total. The Hall–Kier alpha value is -0.150. The lowest BCUT2D eigenvalue weighted by molar-refractivity contribution is -0.144. The van der Waals surface area contributed by atoms with Gasteiger partial charge in [-0.15, -0.1) is 0 Å². The second-order valence-corrected chi connectivity index (χ2v) is 26.6. The maximum absolute atomic E-state index is 12.8. The minimum Gasteiger partial charge on any atom is -0.464 e. The molecule has 0 saturated carbocycles. The highest BCUT2D eigenvalue weighted by molar-refractivity contribution is 8.76. The first-order valence-electron chi connectivity index (χ1n) is 33.7. The Morgan fingerprint density at radius 2 is 0.688 bits per heavy atom. The van der Waals surface area contributed by atoms with E-state index in [0.29, 0.717) is 39.2 Å². The largest absolute Gasteiger partial charge is 0.464 e. The molecule has 0 aromatic carbocycles. The van der Waals surface area contributed by atoms with Crippen LogP contribution < -0.4 is 0 Å². The van der Waals surface area contributed by atoms with Gasteiger partial charge in [-0.1, -0.05) is 255 Å². The second kappa shape index (κ2) is 57.7. The highest BCUT2D eigenvalue weighted by Gasteiger charge is 2.20. The fourth-order valence-corrected chi connectivity index (χ4v) is 13.3. The van der Waals surface area contributed by atoms with Gasteiger partial charge < -0.3 is 25.2 Å². The van der Waals surface area contributed by atoms with E-state index in [4.69, 9.17) is 4.74 Å². The Labute approximate surface area is 486 Å². The summed E-state index contributed by atoms with van der Waals surface area (Å²) >= 11 is 0. The van der Waals surface area contributed by atoms with Crippen LogP contribution in [0.2, 0.25) is 0 Å². The van der Waals surface area contributed by atoms with Crippen molar-refractivity contribution in [1.29, 1.82) is 0 Å². The Balaban J connectivity index is 2.32. The van der Waals surface area contributed by atoms with E-state index in [1.165, 1.54) is 180 Å². The van der Waals surface area contributed by atoms with Crippen molar-refractivity contribution in [3.63, 3.8) is 0 Å². The van der Waals surface area contributed by atoms with E-state index < -0.39 is 0 Å². The van der Waals surface area contributed by atoms with E-state index in [9.17, 15) is 25.2 Å². The molecule has 4 atom stereocenters. The number of unbranched alkanes of at least 4 members (excludes halogenated alkanes) is 30. The molecule has 77 heavy (non-hydrogen) atoms. The molecule has 0 aliphatic carbocycles. The fraction of sp³-hybridized carbons (Fsp3) is 0.985. The lowest BCUT2D eigenvalue weighted by Crippen LogP contribution is -2.47. The van der Waals surface area contributed by atoms with Crippen LogP contribution >= 0.6 is 21.6 Å². The van der Waals surface area contributed by atoms with Crippen LogP contribution in [-0.2, 0) is 9.53 Å². The average molecular weight is 1130 g/mol. The molecular weight excluding hydrogens is 997 g/mol. The molecule has 12 heteroatoms. The van der Waals surface area contributed by atoms with Crippen molar-refractivity contribution in [1.82, 2.24) is 19.6 Å². The molecule has 0 aromatic heterocycles. The van der Waals surface area contributed by atoms with Gasteiger partial charge in [0.25, 0.3) is 0 Å². The number of hydrogen-bond acceptors (Lipinski definition) is 12. The summed E-state index contributed by atoms with van der Waals surface area (Å²) < 4.78 is 5.71. The molecule has 4 N–H and O–H groups in total. The van der Waals surface area contributed by atoms with Gasteiger partial charge in [-0.05, 0) is 64.5 Å². The number of aliphatic hydroxyl groups excluding tert-OH is 4. The van der Waals surface area contributed by atoms with Crippen LogP contribution in [0.25, 0.3) is 0 Å². The first kappa shape index (κ1) is 74.9. The second-order valence-electron chi connectivity index (χ2n) is 23.9. The summed E-state index contributed by atoms with van der Waals surface area (Å²) in [6.45, 7) is 19.8. The van der Waals surface area contributed by atoms with Crippen molar-refractivity contribution < 1.29 is 30.0 Å². The number of esters is 1. The monoisotopic (exact) mass is 1130 g/mol. The van der Waals surface area contributed by atoms with Gasteiger partial charge in [0.2, 0.25) is 0 Å². The molecule has 1 fully saturated rings. The third kappa shape index (κ3) is 51.2. The number of carbonyl (C=O) groups excluding carboxylic acids is 1. The predicted molar refractivity (Wildman–Crippen MR) is 338 cm³/mol. The Bertz CT molecular complexity index is 1150. The molecule has 4 unspecified atom stereocenters. The van der Waals surface area contributed by atoms with Gasteiger partial charge in [0.15, 0.2) is 0 Å². The normalized spacial score (nSPS) is 15.2. The van der Waals surface area contributed by atoms with Crippen molar-refractivity contribution in [2.24, 2.45) is 0 Å². The van der Waals surface area contributed by atoms with Crippen molar-refractivity contribution >= 4 is 27.6 Å². The maximum atomic E-state index is 12.8. The van der Waals surface area contributed by atoms with Crippen LogP contribution in [0.1, 0.15) is 291 Å². The van der Waals surface area contributed by atoms with Gasteiger partial charge in [0.05, 0.1) is 24.4 Å². The lowest BCUT2D eigenvalue weighted by atomic mass is 10.0. The summed E-state index contributed by atoms with van der Waals surface area (Å²) in [5.41, 5.74) is 0. The van der Waals surface area contributed by atoms with Crippen LogP contribution in [0.15, 0.2) is 0 Å². The zero-order valence-electron chi connectivity index (χ0n) is 51.6. The number of aliphatic hydroxyl groups is 4. The summed E-state index contributed by atoms with van der Waals surface area (Å²) in [4.78, 5) is 22.4. The molecule has 1 heterocycles. The molecule has 0 bridgehead atoms. The van der Waals surface area contributed by atoms with Gasteiger partial charge >= 0.3 is 5.97 Å². The summed E-state index contributed by atoms with van der Waals surface area (Å²) in [5, 5.41) is 43.9. The number of rotatable bonds is 61. The van der Waals surface area contributed by atoms with Crippen LogP contribution in [0.5, 0.6) is 0 Å². The predicted octanol–water partition coefficient (Wildman–Crippen LogP) is 15.6. The standard InChI is InChI=1S/C65H132N4O6S2/c1-5-9-13-17-21-23-25-27-31-35-43-61(70)57-68(58-62(71)44-36-32-28-26-24-22-18-14-10-6-2)46-38-37-45-65(74)75-54-52-66-48-50-67(51-49-66)53-56-77-76-55-40-39-47-69(59-63(72)41-33-29-19-15-11-7-3)60-64(73)42-34-30-20-16-12-8-4/h61-64,70-73H,5-60H2,1-4H3. The van der Waals surface area contributed by atoms with Crippen LogP contribution in [0.4, 0.5) is 0 Å². The number of hydrogen-bond donors (Lipinski definition) is 4. The number of nitrogens with zero attached hydrogens (tertiary/aromatic N) is 4. The lowest BCUT2D eigenvalue weighted by Gasteiger charge is -2.34. The summed E-state index contributed by atoms with van der Waals surface area (Å²) in [5.74, 6) is 2.15. The summed E-state index contributed by atoms with van der Waals surface area (Å²) in [6, 6.07) is 0. The molecule has 1 aliphatic rings. The van der Waals surface area contributed by atoms with E-state index in [1.807, 2.05) is 21.6 Å². The Morgan fingerprint density at radius 1 is 0.390 bits per heavy atom. The molecule has 460 valence electrons. The molecule has 0 aromatic rings. The van der Waals surface area contributed by atoms with Gasteiger partial charge in [0.1, 0.15) is 6.61 Å². The van der Waals surface area contributed by atoms with E-state index in [-0.39, 0.29) is 30.4 Å². The van der Waals surface area contributed by atoms with Gasteiger partial charge in [-0.25, -0.2) is 0 Å². The van der Waals surface area contributed by atoms with Gasteiger partial charge in [-0.3, -0.25) is 24.4 Å². The molecule has 1 aliphatic heterocycles. The van der Waals surface area contributed by atoms with E-state index >= 15 is 0 Å². The van der Waals surface area contributed by atoms with E-state index in [2.05, 4.69) is 47.3 Å². The number of ether oxygens (including phenoxy) is 1. The maximum Gasteiger partial charge on any atom is 0.305 e. The fourth-order valence-electron chi connectivity index (χ4n) is 11.1. The van der Waals surface area contributed by atoms with E-state index in [0.717, 1.165) is 141 Å². The quantitative estimate of drug-likeness (QED) is 0.0264. The summed E-state index contributed by atoms with van der Waals surface area (Å²) in [7, 11) is 3.98. The van der Waals surface area contributed by atoms with Crippen LogP contribution in [0, 0.1) is 0 Å². The molecule has 0 spiro atoms. The first-order chi connectivity index (χ1) is 37.7. The third-order valence-electron chi connectivity index (χ3n) is 16.2. The topological polar surface area (TPSA) is 120 Å². The third-order valence-corrected chi connectivity index (χ3v) is 18.7. The van der Waals surface area contributed by atoms with Crippen LogP contribution in [-0.4, -0.2) is 167 Å². The van der Waals surface area contributed by atoms with Crippen molar-refractivity contribution in [2.75, 3.05) is 96.6 Å². The number of piperazine rings is 1. The molecule has 0 amide bonds. The first-order valence-corrected chi connectivity index (χ1v) is 36.2. The summed E-state index contributed by atoms with van der Waals surface area (Å²) in [6.07, 6.45) is 47.1. The minimum absolute atomic E-state index is 0.112. The average Bonchev–Trinajstić information content (AvgIpc) is 3.41. The Kier molecular flexibility index (Phi) is 56.1.